The molecular formula is C30H37N3O4S. The number of nitrogens with one attached hydrogen (secondary N) is 1. The van der Waals surface area contributed by atoms with Gasteiger partial charge in [0.1, 0.15) is 12.6 Å². The molecule has 0 fully saturated rings. The molecule has 0 spiro atoms. The van der Waals surface area contributed by atoms with E-state index in [-0.39, 0.29) is 17.3 Å². The number of amides is 2. The van der Waals surface area contributed by atoms with Crippen molar-refractivity contribution in [3.05, 3.63) is 95.6 Å². The Morgan fingerprint density at radius 1 is 0.895 bits per heavy atom. The van der Waals surface area contributed by atoms with Gasteiger partial charge in [-0.2, -0.15) is 0 Å². The number of aryl methyl sites for hydroxylation is 2. The Morgan fingerprint density at radius 3 is 2.18 bits per heavy atom. The monoisotopic (exact) mass is 535 g/mol. The number of benzene rings is 3. The van der Waals surface area contributed by atoms with E-state index in [0.29, 0.717) is 12.2 Å². The smallest absolute Gasteiger partial charge is 0.264 e. The van der Waals surface area contributed by atoms with Gasteiger partial charge in [0.25, 0.3) is 10.0 Å². The lowest BCUT2D eigenvalue weighted by Gasteiger charge is -2.32. The molecule has 0 heterocycles. The fourth-order valence-corrected chi connectivity index (χ4v) is 5.58. The fraction of sp³-hybridized carbons (Fsp3) is 0.333. The summed E-state index contributed by atoms with van der Waals surface area (Å²) in [6, 6.07) is 22.0. The summed E-state index contributed by atoms with van der Waals surface area (Å²) < 4.78 is 28.6. The normalized spacial score (nSPS) is 12.0. The molecule has 0 saturated heterocycles. The van der Waals surface area contributed by atoms with Gasteiger partial charge in [-0.3, -0.25) is 13.9 Å². The molecule has 0 aromatic heterocycles. The van der Waals surface area contributed by atoms with E-state index in [9.17, 15) is 18.0 Å². The highest BCUT2D eigenvalue weighted by Gasteiger charge is 2.32. The van der Waals surface area contributed by atoms with Crippen LogP contribution in [0, 0.1) is 13.8 Å². The van der Waals surface area contributed by atoms with Gasteiger partial charge in [-0.1, -0.05) is 73.5 Å². The van der Waals surface area contributed by atoms with Crippen molar-refractivity contribution in [2.45, 2.75) is 58.0 Å². The van der Waals surface area contributed by atoms with Gasteiger partial charge < -0.3 is 10.2 Å². The molecule has 2 amide bonds. The molecule has 8 heteroatoms. The molecule has 0 saturated carbocycles. The number of carbonyl (C=O) groups excluding carboxylic acids is 2. The molecule has 38 heavy (non-hydrogen) atoms. The maximum Gasteiger partial charge on any atom is 0.264 e. The van der Waals surface area contributed by atoms with E-state index in [1.165, 1.54) is 17.0 Å². The van der Waals surface area contributed by atoms with Crippen LogP contribution in [0.2, 0.25) is 0 Å². The Hall–Kier alpha value is -3.65. The summed E-state index contributed by atoms with van der Waals surface area (Å²) in [5.74, 6) is -0.738. The van der Waals surface area contributed by atoms with Crippen LogP contribution in [0.1, 0.15) is 43.4 Å². The predicted molar refractivity (Wildman–Crippen MR) is 151 cm³/mol. The van der Waals surface area contributed by atoms with Gasteiger partial charge in [0.2, 0.25) is 11.8 Å². The molecule has 0 radical (unpaired) electrons. The topological polar surface area (TPSA) is 86.8 Å². The minimum Gasteiger partial charge on any atom is -0.354 e. The van der Waals surface area contributed by atoms with Crippen LogP contribution in [0.25, 0.3) is 0 Å². The lowest BCUT2D eigenvalue weighted by atomic mass is 10.1. The summed E-state index contributed by atoms with van der Waals surface area (Å²) in [6.45, 7) is 7.79. The largest absolute Gasteiger partial charge is 0.354 e. The summed E-state index contributed by atoms with van der Waals surface area (Å²) >= 11 is 0. The van der Waals surface area contributed by atoms with Crippen molar-refractivity contribution in [3.8, 4) is 0 Å². The SMILES string of the molecule is CCCCNC(=O)[C@@H](C)N(Cc1cccc(C)c1)C(=O)CN(c1cccc(C)c1)S(=O)(=O)c1ccccc1. The number of hydrogen-bond acceptors (Lipinski definition) is 4. The third kappa shape index (κ3) is 7.44. The maximum absolute atomic E-state index is 13.9. The van der Waals surface area contributed by atoms with Crippen molar-refractivity contribution < 1.29 is 18.0 Å². The van der Waals surface area contributed by atoms with Crippen LogP contribution in [0.4, 0.5) is 5.69 Å². The van der Waals surface area contributed by atoms with Gasteiger partial charge in [0.05, 0.1) is 10.6 Å². The number of hydrogen-bond donors (Lipinski definition) is 1. The number of sulfonamides is 1. The molecule has 202 valence electrons. The maximum atomic E-state index is 13.9. The van der Waals surface area contributed by atoms with E-state index in [0.717, 1.165) is 33.8 Å². The van der Waals surface area contributed by atoms with Crippen LogP contribution < -0.4 is 9.62 Å². The molecular weight excluding hydrogens is 498 g/mol. The average Bonchev–Trinajstić information content (AvgIpc) is 2.90. The van der Waals surface area contributed by atoms with Crippen molar-refractivity contribution in [3.63, 3.8) is 0 Å². The Bertz CT molecular complexity index is 1340. The van der Waals surface area contributed by atoms with Gasteiger partial charge in [-0.05, 0) is 62.6 Å². The highest BCUT2D eigenvalue weighted by molar-refractivity contribution is 7.92. The second-order valence-electron chi connectivity index (χ2n) is 9.49. The van der Waals surface area contributed by atoms with E-state index in [4.69, 9.17) is 0 Å². The van der Waals surface area contributed by atoms with Crippen molar-refractivity contribution in [2.75, 3.05) is 17.4 Å². The molecule has 3 aromatic carbocycles. The number of unbranched alkanes of at least 4 members (excludes halogenated alkanes) is 1. The zero-order chi connectivity index (χ0) is 27.7. The first-order chi connectivity index (χ1) is 18.1. The molecule has 0 aliphatic heterocycles. The van der Waals surface area contributed by atoms with E-state index in [1.807, 2.05) is 51.1 Å². The Kier molecular flexibility index (Phi) is 10.1. The third-order valence-electron chi connectivity index (χ3n) is 6.33. The van der Waals surface area contributed by atoms with Crippen LogP contribution in [-0.2, 0) is 26.2 Å². The van der Waals surface area contributed by atoms with Crippen molar-refractivity contribution in [2.24, 2.45) is 0 Å². The second-order valence-corrected chi connectivity index (χ2v) is 11.4. The lowest BCUT2D eigenvalue weighted by molar-refractivity contribution is -0.139. The predicted octanol–water partition coefficient (Wildman–Crippen LogP) is 4.83. The summed E-state index contributed by atoms with van der Waals surface area (Å²) in [5, 5.41) is 2.90. The molecule has 1 N–H and O–H groups in total. The number of nitrogens with zero attached hydrogens (tertiary/aromatic N) is 2. The molecule has 0 unspecified atom stereocenters. The molecule has 0 bridgehead atoms. The molecule has 1 atom stereocenters. The van der Waals surface area contributed by atoms with Crippen molar-refractivity contribution in [1.29, 1.82) is 0 Å². The van der Waals surface area contributed by atoms with Gasteiger partial charge in [-0.25, -0.2) is 8.42 Å². The van der Waals surface area contributed by atoms with Crippen molar-refractivity contribution >= 4 is 27.5 Å². The highest BCUT2D eigenvalue weighted by Crippen LogP contribution is 2.25. The summed E-state index contributed by atoms with van der Waals surface area (Å²) in [7, 11) is -4.06. The van der Waals surface area contributed by atoms with E-state index in [1.54, 1.807) is 43.3 Å². The van der Waals surface area contributed by atoms with Gasteiger partial charge in [0.15, 0.2) is 0 Å². The quantitative estimate of drug-likeness (QED) is 0.337. The van der Waals surface area contributed by atoms with E-state index >= 15 is 0 Å². The first kappa shape index (κ1) is 28.9. The van der Waals surface area contributed by atoms with Crippen LogP contribution in [0.5, 0.6) is 0 Å². The van der Waals surface area contributed by atoms with E-state index in [2.05, 4.69) is 5.32 Å². The molecule has 3 aromatic rings. The first-order valence-electron chi connectivity index (χ1n) is 12.9. The van der Waals surface area contributed by atoms with Crippen LogP contribution in [0.3, 0.4) is 0 Å². The third-order valence-corrected chi connectivity index (χ3v) is 8.12. The number of carbonyl (C=O) groups is 2. The summed E-state index contributed by atoms with van der Waals surface area (Å²) in [6.07, 6.45) is 1.77. The summed E-state index contributed by atoms with van der Waals surface area (Å²) in [4.78, 5) is 28.4. The molecule has 0 aliphatic carbocycles. The van der Waals surface area contributed by atoms with Crippen molar-refractivity contribution in [1.82, 2.24) is 10.2 Å². The second kappa shape index (κ2) is 13.2. The van der Waals surface area contributed by atoms with Crippen LogP contribution in [0.15, 0.2) is 83.8 Å². The highest BCUT2D eigenvalue weighted by atomic mass is 32.2. The van der Waals surface area contributed by atoms with Gasteiger partial charge in [0, 0.05) is 13.1 Å². The fourth-order valence-electron chi connectivity index (χ4n) is 4.16. The van der Waals surface area contributed by atoms with Gasteiger partial charge >= 0.3 is 0 Å². The molecule has 3 rings (SSSR count). The minimum atomic E-state index is -4.06. The van der Waals surface area contributed by atoms with Gasteiger partial charge in [-0.15, -0.1) is 0 Å². The standard InChI is InChI=1S/C30H37N3O4S/c1-5-6-18-31-30(35)25(4)32(21-26-14-10-12-23(2)19-26)29(34)22-33(27-15-11-13-24(3)20-27)38(36,37)28-16-8-7-9-17-28/h7-17,19-20,25H,5-6,18,21-22H2,1-4H3,(H,31,35)/t25-/m1/s1. The zero-order valence-corrected chi connectivity index (χ0v) is 23.4. The van der Waals surface area contributed by atoms with Crippen LogP contribution in [-0.4, -0.2) is 44.3 Å². The first-order valence-corrected chi connectivity index (χ1v) is 14.3. The summed E-state index contributed by atoms with van der Waals surface area (Å²) in [5.41, 5.74) is 3.14. The zero-order valence-electron chi connectivity index (χ0n) is 22.6. The Labute approximate surface area is 226 Å². The average molecular weight is 536 g/mol. The minimum absolute atomic E-state index is 0.0879. The number of anilines is 1. The Morgan fingerprint density at radius 2 is 1.55 bits per heavy atom. The lowest BCUT2D eigenvalue weighted by Crippen LogP contribution is -2.51. The number of rotatable bonds is 12. The Balaban J connectivity index is 1.99. The van der Waals surface area contributed by atoms with Crippen LogP contribution >= 0.6 is 0 Å². The van der Waals surface area contributed by atoms with E-state index < -0.39 is 28.5 Å². The molecule has 0 aliphatic rings. The molecule has 7 nitrogen and oxygen atoms in total.